The summed E-state index contributed by atoms with van der Waals surface area (Å²) in [7, 11) is 0. The molecule has 1 saturated heterocycles. The molecule has 1 aliphatic heterocycles. The number of anilines is 1. The number of ether oxygens (including phenoxy) is 1. The lowest BCUT2D eigenvalue weighted by atomic mass is 10.1. The standard InChI is InChI=1S/C32H31F3N6O2S/c1-20-6-5-7-21(2)28(20)41-23(4)16-17-44-31(41)38-30(42)37-22(3)18-24-8-10-25(11-9-24)29-36-19-40(39-29)26-12-14-27(15-13-26)43-32(33,34)35/h5-15,18-19,23H,16-17H2,1-4H3,(H,37,42)/b22-18+,38-31?. The Morgan fingerprint density at radius 1 is 1.07 bits per heavy atom. The van der Waals surface area contributed by atoms with E-state index < -0.39 is 12.4 Å². The number of amidine groups is 1. The summed E-state index contributed by atoms with van der Waals surface area (Å²) in [5, 5.41) is 7.99. The molecular weight excluding hydrogens is 589 g/mol. The number of hydrogen-bond donors (Lipinski definition) is 1. The molecule has 12 heteroatoms. The van der Waals surface area contributed by atoms with Crippen molar-refractivity contribution in [2.45, 2.75) is 46.5 Å². The van der Waals surface area contributed by atoms with Crippen LogP contribution in [-0.2, 0) is 0 Å². The number of allylic oxidation sites excluding steroid dienone is 1. The van der Waals surface area contributed by atoms with E-state index in [0.29, 0.717) is 22.4 Å². The number of amides is 2. The third-order valence-electron chi connectivity index (χ3n) is 6.97. The molecule has 3 aromatic carbocycles. The Bertz CT molecular complexity index is 1680. The molecule has 1 aliphatic rings. The highest BCUT2D eigenvalue weighted by Gasteiger charge is 2.31. The maximum atomic E-state index is 12.9. The average molecular weight is 621 g/mol. The second kappa shape index (κ2) is 13.0. The fourth-order valence-corrected chi connectivity index (χ4v) is 6.11. The predicted molar refractivity (Wildman–Crippen MR) is 168 cm³/mol. The number of urea groups is 1. The molecule has 0 aliphatic carbocycles. The van der Waals surface area contributed by atoms with Crippen molar-refractivity contribution in [3.05, 3.63) is 95.4 Å². The molecule has 5 rings (SSSR count). The number of aliphatic imine (C=N–C) groups is 1. The lowest BCUT2D eigenvalue weighted by Crippen LogP contribution is -2.42. The second-order valence-electron chi connectivity index (χ2n) is 10.4. The third-order valence-corrected chi connectivity index (χ3v) is 7.96. The van der Waals surface area contributed by atoms with Crippen LogP contribution in [0.4, 0.5) is 23.7 Å². The highest BCUT2D eigenvalue weighted by Crippen LogP contribution is 2.34. The fourth-order valence-electron chi connectivity index (χ4n) is 4.91. The zero-order chi connectivity index (χ0) is 31.4. The molecule has 0 bridgehead atoms. The number of nitrogens with zero attached hydrogens (tertiary/aromatic N) is 5. The van der Waals surface area contributed by atoms with Gasteiger partial charge in [0, 0.05) is 28.7 Å². The first-order valence-corrected chi connectivity index (χ1v) is 14.9. The van der Waals surface area contributed by atoms with Gasteiger partial charge >= 0.3 is 12.4 Å². The molecule has 228 valence electrons. The minimum Gasteiger partial charge on any atom is -0.406 e. The van der Waals surface area contributed by atoms with Crippen molar-refractivity contribution in [1.82, 2.24) is 20.1 Å². The van der Waals surface area contributed by atoms with E-state index in [0.717, 1.165) is 40.1 Å². The molecule has 1 fully saturated rings. The van der Waals surface area contributed by atoms with E-state index in [2.05, 4.69) is 62.9 Å². The van der Waals surface area contributed by atoms with Crippen LogP contribution in [0.2, 0.25) is 0 Å². The minimum atomic E-state index is -4.75. The van der Waals surface area contributed by atoms with Crippen molar-refractivity contribution >= 4 is 34.7 Å². The number of carbonyl (C=O) groups excluding carboxylic acids is 1. The molecule has 4 aromatic rings. The number of alkyl halides is 3. The zero-order valence-electron chi connectivity index (χ0n) is 24.6. The van der Waals surface area contributed by atoms with Crippen LogP contribution in [0.25, 0.3) is 23.2 Å². The highest BCUT2D eigenvalue weighted by atomic mass is 32.2. The van der Waals surface area contributed by atoms with E-state index in [1.54, 1.807) is 18.7 Å². The van der Waals surface area contributed by atoms with Gasteiger partial charge in [0.2, 0.25) is 0 Å². The fraction of sp³-hybridized carbons (Fsp3) is 0.250. The van der Waals surface area contributed by atoms with Gasteiger partial charge in [0.1, 0.15) is 12.1 Å². The molecule has 0 spiro atoms. The van der Waals surface area contributed by atoms with Gasteiger partial charge in [-0.25, -0.2) is 14.5 Å². The summed E-state index contributed by atoms with van der Waals surface area (Å²) < 4.78 is 42.6. The van der Waals surface area contributed by atoms with E-state index in [1.165, 1.54) is 35.3 Å². The molecule has 1 N–H and O–H groups in total. The van der Waals surface area contributed by atoms with Crippen molar-refractivity contribution in [2.75, 3.05) is 10.7 Å². The molecule has 2 heterocycles. The van der Waals surface area contributed by atoms with Gasteiger partial charge in [0.05, 0.1) is 5.69 Å². The van der Waals surface area contributed by atoms with Crippen molar-refractivity contribution in [3.8, 4) is 22.8 Å². The normalized spacial score (nSPS) is 16.7. The summed E-state index contributed by atoms with van der Waals surface area (Å²) >= 11 is 1.58. The van der Waals surface area contributed by atoms with E-state index in [4.69, 9.17) is 0 Å². The molecule has 8 nitrogen and oxygen atoms in total. The largest absolute Gasteiger partial charge is 0.573 e. The number of carbonyl (C=O) groups is 1. The summed E-state index contributed by atoms with van der Waals surface area (Å²) in [5.41, 5.74) is 6.16. The van der Waals surface area contributed by atoms with Gasteiger partial charge in [-0.05, 0) is 81.1 Å². The summed E-state index contributed by atoms with van der Waals surface area (Å²) in [4.78, 5) is 23.9. The topological polar surface area (TPSA) is 84.6 Å². The quantitative estimate of drug-likeness (QED) is 0.236. The first kappa shape index (κ1) is 30.9. The lowest BCUT2D eigenvalue weighted by molar-refractivity contribution is -0.274. The molecule has 0 radical (unpaired) electrons. The van der Waals surface area contributed by atoms with E-state index in [1.807, 2.05) is 36.4 Å². The molecule has 0 saturated carbocycles. The smallest absolute Gasteiger partial charge is 0.406 e. The Balaban J connectivity index is 1.25. The lowest BCUT2D eigenvalue weighted by Gasteiger charge is -2.37. The van der Waals surface area contributed by atoms with Crippen molar-refractivity contribution in [3.63, 3.8) is 0 Å². The van der Waals surface area contributed by atoms with Gasteiger partial charge in [-0.15, -0.1) is 18.3 Å². The van der Waals surface area contributed by atoms with Crippen LogP contribution in [-0.4, -0.2) is 44.1 Å². The van der Waals surface area contributed by atoms with Crippen molar-refractivity contribution < 1.29 is 22.7 Å². The number of hydrogen-bond acceptors (Lipinski definition) is 5. The Morgan fingerprint density at radius 3 is 2.41 bits per heavy atom. The molecule has 1 atom stereocenters. The first-order chi connectivity index (χ1) is 21.0. The third kappa shape index (κ3) is 7.49. The summed E-state index contributed by atoms with van der Waals surface area (Å²) in [6.45, 7) is 8.11. The van der Waals surface area contributed by atoms with Crippen LogP contribution in [0, 0.1) is 13.8 Å². The van der Waals surface area contributed by atoms with Crippen LogP contribution in [0.3, 0.4) is 0 Å². The molecule has 44 heavy (non-hydrogen) atoms. The number of halogens is 3. The van der Waals surface area contributed by atoms with Crippen LogP contribution in [0.1, 0.15) is 37.0 Å². The van der Waals surface area contributed by atoms with Gasteiger partial charge in [0.15, 0.2) is 11.0 Å². The van der Waals surface area contributed by atoms with E-state index in [9.17, 15) is 18.0 Å². The minimum absolute atomic E-state index is 0.219. The Kier molecular flexibility index (Phi) is 9.09. The average Bonchev–Trinajstić information content (AvgIpc) is 3.44. The Labute approximate surface area is 257 Å². The first-order valence-electron chi connectivity index (χ1n) is 13.9. The number of rotatable bonds is 6. The van der Waals surface area contributed by atoms with Gasteiger partial charge < -0.3 is 15.0 Å². The summed E-state index contributed by atoms with van der Waals surface area (Å²) in [5.74, 6) is 1.03. The molecule has 1 unspecified atom stereocenters. The summed E-state index contributed by atoms with van der Waals surface area (Å²) in [6, 6.07) is 18.8. The van der Waals surface area contributed by atoms with Crippen LogP contribution >= 0.6 is 11.8 Å². The van der Waals surface area contributed by atoms with Crippen molar-refractivity contribution in [1.29, 1.82) is 0 Å². The number of para-hydroxylation sites is 1. The molecule has 2 amide bonds. The SMILES string of the molecule is C/C(=C\c1ccc(-c2ncn(-c3ccc(OC(F)(F)F)cc3)n2)cc1)NC(=O)N=C1SCCC(C)N1c1c(C)cccc1C. The van der Waals surface area contributed by atoms with E-state index in [-0.39, 0.29) is 11.8 Å². The second-order valence-corrected chi connectivity index (χ2v) is 11.5. The van der Waals surface area contributed by atoms with Crippen LogP contribution < -0.4 is 15.0 Å². The monoisotopic (exact) mass is 620 g/mol. The van der Waals surface area contributed by atoms with E-state index >= 15 is 0 Å². The maximum Gasteiger partial charge on any atom is 0.573 e. The zero-order valence-corrected chi connectivity index (χ0v) is 25.4. The van der Waals surface area contributed by atoms with Gasteiger partial charge in [-0.1, -0.05) is 54.2 Å². The number of aryl methyl sites for hydroxylation is 2. The number of nitrogens with one attached hydrogen (secondary N) is 1. The van der Waals surface area contributed by atoms with Gasteiger partial charge in [0.25, 0.3) is 0 Å². The molecule has 1 aromatic heterocycles. The van der Waals surface area contributed by atoms with Crippen molar-refractivity contribution in [2.24, 2.45) is 4.99 Å². The Hall–Kier alpha value is -4.58. The number of thioether (sulfide) groups is 1. The van der Waals surface area contributed by atoms with Gasteiger partial charge in [-0.3, -0.25) is 0 Å². The van der Waals surface area contributed by atoms with Crippen LogP contribution in [0.5, 0.6) is 5.75 Å². The van der Waals surface area contributed by atoms with Crippen LogP contribution in [0.15, 0.2) is 83.7 Å². The maximum absolute atomic E-state index is 12.9. The predicted octanol–water partition coefficient (Wildman–Crippen LogP) is 7.91. The number of benzene rings is 3. The Morgan fingerprint density at radius 2 is 1.75 bits per heavy atom. The van der Waals surface area contributed by atoms with Gasteiger partial charge in [-0.2, -0.15) is 4.99 Å². The molecular formula is C32H31F3N6O2S. The highest BCUT2D eigenvalue weighted by molar-refractivity contribution is 8.14. The number of aromatic nitrogens is 3. The summed E-state index contributed by atoms with van der Waals surface area (Å²) in [6.07, 6.45) is -0.426.